The van der Waals surface area contributed by atoms with Crippen LogP contribution in [0.5, 0.6) is 0 Å². The van der Waals surface area contributed by atoms with Crippen LogP contribution >= 0.6 is 11.6 Å². The van der Waals surface area contributed by atoms with Gasteiger partial charge in [-0.15, -0.1) is 0 Å². The standard InChI is InChI=1S/C20H22ClN3O2.CH2O2/c1-23-10-9-16(12-23)24(2)20(26)14-5-3-13(4-6-14)15-7-8-18(21)17(11-15)19(22)25;2-1-3/h3-8,11,16H,9-10,12H2,1-2H3,(H2,22,25);1H,(H,2,3). The van der Waals surface area contributed by atoms with E-state index in [1.807, 2.05) is 42.3 Å². The first-order valence-corrected chi connectivity index (χ1v) is 9.39. The Morgan fingerprint density at radius 2 is 1.79 bits per heavy atom. The van der Waals surface area contributed by atoms with E-state index in [-0.39, 0.29) is 24.0 Å². The van der Waals surface area contributed by atoms with Crippen molar-refractivity contribution in [2.75, 3.05) is 27.2 Å². The van der Waals surface area contributed by atoms with E-state index in [1.165, 1.54) is 0 Å². The van der Waals surface area contributed by atoms with Crippen LogP contribution in [-0.4, -0.2) is 66.4 Å². The molecule has 1 aliphatic heterocycles. The molecule has 0 bridgehead atoms. The third-order valence-corrected chi connectivity index (χ3v) is 5.26. The Labute approximate surface area is 174 Å². The second-order valence-corrected chi connectivity index (χ2v) is 7.27. The highest BCUT2D eigenvalue weighted by Crippen LogP contribution is 2.26. The lowest BCUT2D eigenvalue weighted by molar-refractivity contribution is -0.122. The molecule has 1 atom stereocenters. The fraction of sp³-hybridized carbons (Fsp3) is 0.286. The number of carbonyl (C=O) groups excluding carboxylic acids is 2. The number of nitrogens with two attached hydrogens (primary N) is 1. The van der Waals surface area contributed by atoms with Crippen LogP contribution in [-0.2, 0) is 4.79 Å². The number of likely N-dealkylation sites (tertiary alicyclic amines) is 1. The van der Waals surface area contributed by atoms with Crippen LogP contribution in [0.4, 0.5) is 0 Å². The monoisotopic (exact) mass is 417 g/mol. The Kier molecular flexibility index (Phi) is 7.75. The van der Waals surface area contributed by atoms with E-state index in [2.05, 4.69) is 11.9 Å². The number of hydrogen-bond donors (Lipinski definition) is 2. The summed E-state index contributed by atoms with van der Waals surface area (Å²) in [4.78, 5) is 36.6. The fourth-order valence-corrected chi connectivity index (χ4v) is 3.51. The molecule has 0 radical (unpaired) electrons. The van der Waals surface area contributed by atoms with E-state index in [4.69, 9.17) is 27.2 Å². The van der Waals surface area contributed by atoms with Gasteiger partial charge in [-0.25, -0.2) is 0 Å². The van der Waals surface area contributed by atoms with Crippen LogP contribution < -0.4 is 5.73 Å². The number of carbonyl (C=O) groups is 3. The predicted molar refractivity (Wildman–Crippen MR) is 112 cm³/mol. The zero-order valence-corrected chi connectivity index (χ0v) is 17.1. The molecule has 1 heterocycles. The van der Waals surface area contributed by atoms with Crippen molar-refractivity contribution in [1.82, 2.24) is 9.80 Å². The molecule has 2 amide bonds. The minimum Gasteiger partial charge on any atom is -0.483 e. The van der Waals surface area contributed by atoms with E-state index in [0.717, 1.165) is 30.6 Å². The first kappa shape index (κ1) is 22.4. The second-order valence-electron chi connectivity index (χ2n) is 6.86. The molecule has 1 unspecified atom stereocenters. The van der Waals surface area contributed by atoms with Crippen LogP contribution in [0.15, 0.2) is 42.5 Å². The van der Waals surface area contributed by atoms with Crippen molar-refractivity contribution in [3.63, 3.8) is 0 Å². The second kappa shape index (κ2) is 10.0. The molecule has 0 spiro atoms. The zero-order valence-electron chi connectivity index (χ0n) is 16.3. The van der Waals surface area contributed by atoms with Gasteiger partial charge in [0.15, 0.2) is 0 Å². The summed E-state index contributed by atoms with van der Waals surface area (Å²) in [5, 5.41) is 7.22. The van der Waals surface area contributed by atoms with Crippen LogP contribution in [0.25, 0.3) is 11.1 Å². The van der Waals surface area contributed by atoms with Crippen molar-refractivity contribution in [2.45, 2.75) is 12.5 Å². The van der Waals surface area contributed by atoms with Crippen LogP contribution in [0.2, 0.25) is 5.02 Å². The largest absolute Gasteiger partial charge is 0.483 e. The number of hydrogen-bond acceptors (Lipinski definition) is 4. The molecule has 8 heteroatoms. The third-order valence-electron chi connectivity index (χ3n) is 4.93. The number of nitrogens with zero attached hydrogens (tertiary/aromatic N) is 2. The quantitative estimate of drug-likeness (QED) is 0.744. The van der Waals surface area contributed by atoms with Gasteiger partial charge >= 0.3 is 0 Å². The van der Waals surface area contributed by atoms with Gasteiger partial charge in [-0.05, 0) is 55.4 Å². The maximum atomic E-state index is 12.7. The molecule has 2 aromatic rings. The van der Waals surface area contributed by atoms with Crippen LogP contribution in [0.1, 0.15) is 27.1 Å². The lowest BCUT2D eigenvalue weighted by Crippen LogP contribution is -2.38. The van der Waals surface area contributed by atoms with E-state index in [1.54, 1.807) is 12.1 Å². The van der Waals surface area contributed by atoms with Gasteiger partial charge in [-0.1, -0.05) is 29.8 Å². The number of benzene rings is 2. The van der Waals surface area contributed by atoms with E-state index in [0.29, 0.717) is 10.6 Å². The van der Waals surface area contributed by atoms with Crippen molar-refractivity contribution < 1.29 is 19.5 Å². The van der Waals surface area contributed by atoms with E-state index in [9.17, 15) is 9.59 Å². The first-order chi connectivity index (χ1) is 13.8. The predicted octanol–water partition coefficient (Wildman–Crippen LogP) is 2.58. The normalized spacial score (nSPS) is 15.9. The number of rotatable bonds is 4. The lowest BCUT2D eigenvalue weighted by atomic mass is 10.0. The summed E-state index contributed by atoms with van der Waals surface area (Å²) in [6.45, 7) is 1.67. The molecule has 1 fully saturated rings. The average molecular weight is 418 g/mol. The topological polar surface area (TPSA) is 104 Å². The molecule has 3 N–H and O–H groups in total. The molecule has 2 aromatic carbocycles. The highest BCUT2D eigenvalue weighted by atomic mass is 35.5. The highest BCUT2D eigenvalue weighted by Gasteiger charge is 2.26. The minimum atomic E-state index is -0.563. The maximum Gasteiger partial charge on any atom is 0.290 e. The Balaban J connectivity index is 0.000000941. The highest BCUT2D eigenvalue weighted by molar-refractivity contribution is 6.33. The Morgan fingerprint density at radius 3 is 2.31 bits per heavy atom. The Morgan fingerprint density at radius 1 is 1.21 bits per heavy atom. The SMILES string of the molecule is CN1CCC(N(C)C(=O)c2ccc(-c3ccc(Cl)c(C(N)=O)c3)cc2)C1.O=CO. The van der Waals surface area contributed by atoms with Crippen LogP contribution in [0, 0.1) is 0 Å². The molecule has 3 rings (SSSR count). The van der Waals surface area contributed by atoms with Crippen molar-refractivity contribution in [3.05, 3.63) is 58.6 Å². The van der Waals surface area contributed by atoms with Gasteiger partial charge in [-0.3, -0.25) is 14.4 Å². The van der Waals surface area contributed by atoms with Gasteiger partial charge in [-0.2, -0.15) is 0 Å². The van der Waals surface area contributed by atoms with Gasteiger partial charge in [0.1, 0.15) is 0 Å². The van der Waals surface area contributed by atoms with Crippen molar-refractivity contribution in [3.8, 4) is 11.1 Å². The molecule has 0 aliphatic carbocycles. The fourth-order valence-electron chi connectivity index (χ4n) is 3.30. The number of amides is 2. The summed E-state index contributed by atoms with van der Waals surface area (Å²) in [5.74, 6) is -0.544. The maximum absolute atomic E-state index is 12.7. The summed E-state index contributed by atoms with van der Waals surface area (Å²) in [6, 6.07) is 12.8. The van der Waals surface area contributed by atoms with Crippen molar-refractivity contribution in [1.29, 1.82) is 0 Å². The summed E-state index contributed by atoms with van der Waals surface area (Å²) < 4.78 is 0. The smallest absolute Gasteiger partial charge is 0.290 e. The minimum absolute atomic E-state index is 0.0192. The third kappa shape index (κ3) is 5.56. The molecule has 154 valence electrons. The summed E-state index contributed by atoms with van der Waals surface area (Å²) in [7, 11) is 3.93. The van der Waals surface area contributed by atoms with Crippen molar-refractivity contribution in [2.24, 2.45) is 5.73 Å². The van der Waals surface area contributed by atoms with Gasteiger partial charge in [0.25, 0.3) is 12.4 Å². The van der Waals surface area contributed by atoms with Gasteiger partial charge in [0.2, 0.25) is 5.91 Å². The first-order valence-electron chi connectivity index (χ1n) is 9.01. The molecule has 1 aliphatic rings. The molecule has 7 nitrogen and oxygen atoms in total. The number of primary amides is 1. The van der Waals surface area contributed by atoms with Crippen LogP contribution in [0.3, 0.4) is 0 Å². The molecular formula is C21H24ClN3O4. The summed E-state index contributed by atoms with van der Waals surface area (Å²) >= 11 is 6.00. The molecule has 0 saturated carbocycles. The van der Waals surface area contributed by atoms with E-state index >= 15 is 0 Å². The van der Waals surface area contributed by atoms with E-state index < -0.39 is 5.91 Å². The zero-order chi connectivity index (χ0) is 21.6. The average Bonchev–Trinajstić information content (AvgIpc) is 3.14. The molecule has 0 aromatic heterocycles. The summed E-state index contributed by atoms with van der Waals surface area (Å²) in [6.07, 6.45) is 0.998. The van der Waals surface area contributed by atoms with Gasteiger partial charge in [0.05, 0.1) is 10.6 Å². The molecule has 29 heavy (non-hydrogen) atoms. The molecule has 1 saturated heterocycles. The number of carboxylic acid groups (broad SMARTS) is 1. The van der Waals surface area contributed by atoms with Crippen molar-refractivity contribution >= 4 is 29.9 Å². The summed E-state index contributed by atoms with van der Waals surface area (Å²) in [5.41, 5.74) is 8.01. The molecular weight excluding hydrogens is 394 g/mol. The van der Waals surface area contributed by atoms with Gasteiger partial charge in [0, 0.05) is 25.2 Å². The van der Waals surface area contributed by atoms with Gasteiger partial charge < -0.3 is 20.6 Å². The number of halogens is 1. The lowest BCUT2D eigenvalue weighted by Gasteiger charge is -2.24. The Hall–Kier alpha value is -2.90. The Bertz CT molecular complexity index is 886. The number of likely N-dealkylation sites (N-methyl/N-ethyl adjacent to an activating group) is 2.